The molecule has 2 rings (SSSR count). The molecule has 1 aliphatic rings. The summed E-state index contributed by atoms with van der Waals surface area (Å²) in [7, 11) is 0. The maximum Gasteiger partial charge on any atom is 0.338 e. The second kappa shape index (κ2) is 7.08. The number of hydrogen-bond acceptors (Lipinski definition) is 5. The van der Waals surface area contributed by atoms with Crippen molar-refractivity contribution in [3.8, 4) is 0 Å². The van der Waals surface area contributed by atoms with Crippen molar-refractivity contribution in [3.63, 3.8) is 0 Å². The predicted molar refractivity (Wildman–Crippen MR) is 74.6 cm³/mol. The summed E-state index contributed by atoms with van der Waals surface area (Å²) < 4.78 is 10.9. The summed E-state index contributed by atoms with van der Waals surface area (Å²) in [5.41, 5.74) is 9.07. The third kappa shape index (κ3) is 3.52. The van der Waals surface area contributed by atoms with Crippen molar-refractivity contribution in [2.45, 2.75) is 25.2 Å². The van der Waals surface area contributed by atoms with Crippen molar-refractivity contribution in [3.05, 3.63) is 46.3 Å². The van der Waals surface area contributed by atoms with Crippen molar-refractivity contribution in [2.24, 2.45) is 11.0 Å². The third-order valence-electron chi connectivity index (χ3n) is 3.48. The Hall–Kier alpha value is -2.08. The quantitative estimate of drug-likeness (QED) is 0.396. The molecular formula is C14H17N3O4. The number of esters is 1. The van der Waals surface area contributed by atoms with Crippen molar-refractivity contribution in [1.29, 1.82) is 0 Å². The molecule has 2 unspecified atom stereocenters. The van der Waals surface area contributed by atoms with Crippen molar-refractivity contribution >= 4 is 5.97 Å². The zero-order valence-electron chi connectivity index (χ0n) is 11.6. The molecule has 0 spiro atoms. The molecule has 0 saturated carbocycles. The van der Waals surface area contributed by atoms with Gasteiger partial charge in [0, 0.05) is 4.91 Å². The number of carbonyl (C=O) groups is 1. The van der Waals surface area contributed by atoms with E-state index in [0.717, 1.165) is 0 Å². The summed E-state index contributed by atoms with van der Waals surface area (Å²) in [6, 6.07) is 7.95. The summed E-state index contributed by atoms with van der Waals surface area (Å²) in [5, 5.41) is 13.1. The van der Waals surface area contributed by atoms with Crippen LogP contribution in [0.25, 0.3) is 10.4 Å². The minimum Gasteiger partial charge on any atom is -0.455 e. The van der Waals surface area contributed by atoms with Crippen LogP contribution in [0.3, 0.4) is 0 Å². The largest absolute Gasteiger partial charge is 0.455 e. The zero-order chi connectivity index (χ0) is 15.2. The van der Waals surface area contributed by atoms with Crippen LogP contribution in [0.15, 0.2) is 35.4 Å². The summed E-state index contributed by atoms with van der Waals surface area (Å²) in [5.74, 6) is -0.632. The molecule has 112 valence electrons. The molecule has 1 aromatic carbocycles. The molecule has 1 aromatic rings. The van der Waals surface area contributed by atoms with Crippen LogP contribution in [0.2, 0.25) is 0 Å². The molecule has 7 nitrogen and oxygen atoms in total. The fourth-order valence-corrected chi connectivity index (χ4v) is 2.32. The SMILES string of the molecule is CC1COC(CO)[C@H](OC(=O)c2ccccc2)[C@@H]1N=[N+]=[N-]. The lowest BCUT2D eigenvalue weighted by molar-refractivity contribution is -0.127. The molecule has 1 fully saturated rings. The first-order chi connectivity index (χ1) is 10.2. The van der Waals surface area contributed by atoms with E-state index in [1.165, 1.54) is 0 Å². The van der Waals surface area contributed by atoms with Crippen LogP contribution >= 0.6 is 0 Å². The van der Waals surface area contributed by atoms with Crippen LogP contribution in [0, 0.1) is 5.92 Å². The van der Waals surface area contributed by atoms with E-state index in [1.54, 1.807) is 30.3 Å². The highest BCUT2D eigenvalue weighted by molar-refractivity contribution is 5.89. The number of hydrogen-bond donors (Lipinski definition) is 1. The van der Waals surface area contributed by atoms with Gasteiger partial charge in [-0.15, -0.1) is 0 Å². The molecule has 4 atom stereocenters. The average Bonchev–Trinajstić information content (AvgIpc) is 2.52. The van der Waals surface area contributed by atoms with E-state index in [-0.39, 0.29) is 12.5 Å². The van der Waals surface area contributed by atoms with Gasteiger partial charge in [0.05, 0.1) is 24.8 Å². The molecule has 21 heavy (non-hydrogen) atoms. The minimum absolute atomic E-state index is 0.0997. The fraction of sp³-hybridized carbons (Fsp3) is 0.500. The monoisotopic (exact) mass is 291 g/mol. The topological polar surface area (TPSA) is 105 Å². The van der Waals surface area contributed by atoms with Crippen molar-refractivity contribution in [1.82, 2.24) is 0 Å². The highest BCUT2D eigenvalue weighted by Crippen LogP contribution is 2.26. The van der Waals surface area contributed by atoms with Crippen LogP contribution in [0.5, 0.6) is 0 Å². The molecule has 0 bridgehead atoms. The first-order valence-corrected chi connectivity index (χ1v) is 6.70. The number of nitrogens with zero attached hydrogens (tertiary/aromatic N) is 3. The van der Waals surface area contributed by atoms with Crippen LogP contribution in [-0.2, 0) is 9.47 Å². The lowest BCUT2D eigenvalue weighted by Crippen LogP contribution is -2.51. The summed E-state index contributed by atoms with van der Waals surface area (Å²) in [6.07, 6.45) is -1.49. The molecule has 0 radical (unpaired) electrons. The zero-order valence-corrected chi connectivity index (χ0v) is 11.6. The number of aliphatic hydroxyl groups is 1. The van der Waals surface area contributed by atoms with E-state index >= 15 is 0 Å². The lowest BCUT2D eigenvalue weighted by atomic mass is 9.91. The molecule has 0 aromatic heterocycles. The molecule has 0 amide bonds. The van der Waals surface area contributed by atoms with Gasteiger partial charge in [-0.2, -0.15) is 0 Å². The smallest absolute Gasteiger partial charge is 0.338 e. The molecule has 1 aliphatic heterocycles. The Bertz CT molecular complexity index is 530. The Kier molecular flexibility index (Phi) is 5.16. The summed E-state index contributed by atoms with van der Waals surface area (Å²) in [4.78, 5) is 14.9. The van der Waals surface area contributed by atoms with Crippen molar-refractivity contribution in [2.75, 3.05) is 13.2 Å². The highest BCUT2D eigenvalue weighted by atomic mass is 16.6. The van der Waals surface area contributed by atoms with Gasteiger partial charge in [0.2, 0.25) is 0 Å². The Labute approximate surface area is 122 Å². The number of azide groups is 1. The average molecular weight is 291 g/mol. The Morgan fingerprint density at radius 3 is 2.86 bits per heavy atom. The normalized spacial score (nSPS) is 28.5. The van der Waals surface area contributed by atoms with E-state index in [9.17, 15) is 9.90 Å². The minimum atomic E-state index is -0.803. The van der Waals surface area contributed by atoms with E-state index in [1.807, 2.05) is 6.92 Å². The maximum atomic E-state index is 12.1. The fourth-order valence-electron chi connectivity index (χ4n) is 2.32. The number of ether oxygens (including phenoxy) is 2. The molecule has 0 aliphatic carbocycles. The van der Waals surface area contributed by atoms with Gasteiger partial charge >= 0.3 is 5.97 Å². The van der Waals surface area contributed by atoms with Gasteiger partial charge in [0.1, 0.15) is 12.2 Å². The van der Waals surface area contributed by atoms with Gasteiger partial charge in [-0.25, -0.2) is 4.79 Å². The third-order valence-corrected chi connectivity index (χ3v) is 3.48. The highest BCUT2D eigenvalue weighted by Gasteiger charge is 2.40. The predicted octanol–water partition coefficient (Wildman–Crippen LogP) is 1.92. The van der Waals surface area contributed by atoms with E-state index in [4.69, 9.17) is 15.0 Å². The van der Waals surface area contributed by atoms with Gasteiger partial charge in [0.25, 0.3) is 0 Å². The van der Waals surface area contributed by atoms with Gasteiger partial charge < -0.3 is 14.6 Å². The number of aliphatic hydroxyl groups excluding tert-OH is 1. The van der Waals surface area contributed by atoms with Gasteiger partial charge in [0.15, 0.2) is 0 Å². The van der Waals surface area contributed by atoms with Crippen LogP contribution in [0.1, 0.15) is 17.3 Å². The van der Waals surface area contributed by atoms with Gasteiger partial charge in [-0.1, -0.05) is 30.2 Å². The first kappa shape index (κ1) is 15.3. The Balaban J connectivity index is 2.19. The number of benzene rings is 1. The van der Waals surface area contributed by atoms with Crippen LogP contribution in [0.4, 0.5) is 0 Å². The molecular weight excluding hydrogens is 274 g/mol. The van der Waals surface area contributed by atoms with Gasteiger partial charge in [-0.3, -0.25) is 0 Å². The van der Waals surface area contributed by atoms with E-state index in [0.29, 0.717) is 12.2 Å². The molecule has 1 heterocycles. The number of rotatable bonds is 4. The molecule has 1 N–H and O–H groups in total. The Morgan fingerprint density at radius 1 is 1.52 bits per heavy atom. The first-order valence-electron chi connectivity index (χ1n) is 6.70. The second-order valence-corrected chi connectivity index (χ2v) is 4.96. The van der Waals surface area contributed by atoms with E-state index in [2.05, 4.69) is 10.0 Å². The maximum absolute atomic E-state index is 12.1. The second-order valence-electron chi connectivity index (χ2n) is 4.96. The standard InChI is InChI=1S/C14H17N3O4/c1-9-8-20-11(7-18)13(12(9)16-17-15)21-14(19)10-5-3-2-4-6-10/h2-6,9,11-13,18H,7-8H2,1H3/t9?,11?,12-,13+/m1/s1. The lowest BCUT2D eigenvalue weighted by Gasteiger charge is -2.38. The van der Waals surface area contributed by atoms with E-state index < -0.39 is 24.2 Å². The summed E-state index contributed by atoms with van der Waals surface area (Å²) >= 11 is 0. The molecule has 1 saturated heterocycles. The molecule has 7 heteroatoms. The number of carbonyl (C=O) groups excluding carboxylic acids is 1. The summed E-state index contributed by atoms with van der Waals surface area (Å²) in [6.45, 7) is 1.88. The van der Waals surface area contributed by atoms with Crippen molar-refractivity contribution < 1.29 is 19.4 Å². The van der Waals surface area contributed by atoms with Crippen LogP contribution < -0.4 is 0 Å². The Morgan fingerprint density at radius 2 is 2.24 bits per heavy atom. The van der Waals surface area contributed by atoms with Crippen LogP contribution in [-0.4, -0.2) is 42.5 Å². The van der Waals surface area contributed by atoms with Gasteiger partial charge in [-0.05, 0) is 23.6 Å².